The number of benzene rings is 1. The first kappa shape index (κ1) is 19.4. The van der Waals surface area contributed by atoms with Crippen LogP contribution in [-0.2, 0) is 9.31 Å². The Kier molecular flexibility index (Phi) is 6.14. The van der Waals surface area contributed by atoms with Crippen molar-refractivity contribution < 1.29 is 22.8 Å². The van der Waals surface area contributed by atoms with E-state index in [2.05, 4.69) is 4.74 Å². The molecule has 23 heavy (non-hydrogen) atoms. The van der Waals surface area contributed by atoms with Gasteiger partial charge in [-0.2, -0.15) is 14.0 Å². The van der Waals surface area contributed by atoms with Crippen LogP contribution >= 0.6 is 0 Å². The van der Waals surface area contributed by atoms with Crippen LogP contribution in [0.5, 0.6) is 5.75 Å². The molecule has 0 amide bonds. The van der Waals surface area contributed by atoms with Gasteiger partial charge in [-0.25, -0.2) is 0 Å². The number of ether oxygens (including phenoxy) is 1. The minimum atomic E-state index is -2.99. The Morgan fingerprint density at radius 3 is 2.09 bits per heavy atom. The first-order valence-electron chi connectivity index (χ1n) is 7.51. The molecule has 1 heterocycles. The number of hydrogen-bond acceptors (Lipinski definition) is 4. The van der Waals surface area contributed by atoms with E-state index in [1.54, 1.807) is 0 Å². The Morgan fingerprint density at radius 1 is 1.13 bits per heavy atom. The smallest absolute Gasteiger partial charge is 0.435 e. The van der Waals surface area contributed by atoms with Crippen LogP contribution in [0.15, 0.2) is 18.2 Å². The zero-order chi connectivity index (χ0) is 17.8. The van der Waals surface area contributed by atoms with Crippen LogP contribution in [0.4, 0.5) is 8.78 Å². The van der Waals surface area contributed by atoms with Crippen LogP contribution in [0.2, 0.25) is 0 Å². The molecule has 0 aliphatic carbocycles. The molecule has 0 unspecified atom stereocenters. The van der Waals surface area contributed by atoms with Gasteiger partial charge in [0.25, 0.3) is 0 Å². The van der Waals surface area contributed by atoms with Crippen molar-refractivity contribution in [1.82, 2.24) is 0 Å². The number of hydrogen-bond donors (Lipinski definition) is 0. The predicted octanol–water partition coefficient (Wildman–Crippen LogP) is 3.49. The van der Waals surface area contributed by atoms with Crippen LogP contribution in [0.1, 0.15) is 47.1 Å². The zero-order valence-electron chi connectivity index (χ0n) is 14.3. The van der Waals surface area contributed by atoms with Crippen molar-refractivity contribution in [2.75, 3.05) is 0 Å². The second kappa shape index (κ2) is 7.28. The number of alkyl halides is 2. The lowest BCUT2D eigenvalue weighted by atomic mass is 9.75. The fraction of sp³-hybridized carbons (Fsp3) is 0.562. The van der Waals surface area contributed by atoms with Crippen molar-refractivity contribution in [3.8, 4) is 11.8 Å². The molecule has 2 rings (SSSR count). The highest BCUT2D eigenvalue weighted by atomic mass is 19.3. The normalized spacial score (nSPS) is 18.2. The third-order valence-electron chi connectivity index (χ3n) is 3.89. The number of halogens is 2. The molecule has 4 nitrogen and oxygen atoms in total. The molecular weight excluding hydrogens is 303 g/mol. The Balaban J connectivity index is 0.00000127. The van der Waals surface area contributed by atoms with Gasteiger partial charge in [-0.1, -0.05) is 19.9 Å². The minimum Gasteiger partial charge on any atom is -0.435 e. The molecule has 0 atom stereocenters. The van der Waals surface area contributed by atoms with Crippen molar-refractivity contribution in [3.63, 3.8) is 0 Å². The Bertz CT molecular complexity index is 569. The van der Waals surface area contributed by atoms with E-state index in [0.29, 0.717) is 0 Å². The van der Waals surface area contributed by atoms with Crippen LogP contribution in [0, 0.1) is 11.3 Å². The first-order chi connectivity index (χ1) is 10.7. The Hall–Kier alpha value is -1.65. The third kappa shape index (κ3) is 4.01. The van der Waals surface area contributed by atoms with Crippen LogP contribution in [0.3, 0.4) is 0 Å². The fourth-order valence-corrected chi connectivity index (χ4v) is 2.04. The lowest BCUT2D eigenvalue weighted by molar-refractivity contribution is -0.0492. The minimum absolute atomic E-state index is 0.109. The first-order valence-corrected chi connectivity index (χ1v) is 7.51. The van der Waals surface area contributed by atoms with E-state index >= 15 is 0 Å². The molecule has 1 saturated heterocycles. The summed E-state index contributed by atoms with van der Waals surface area (Å²) in [5.41, 5.74) is -0.893. The van der Waals surface area contributed by atoms with Crippen LogP contribution in [-0.4, -0.2) is 24.9 Å². The Labute approximate surface area is 136 Å². The summed E-state index contributed by atoms with van der Waals surface area (Å²) < 4.78 is 41.2. The maximum atomic E-state index is 12.5. The third-order valence-corrected chi connectivity index (χ3v) is 3.89. The molecule has 0 spiro atoms. The number of rotatable bonds is 3. The van der Waals surface area contributed by atoms with Gasteiger partial charge in [0.05, 0.1) is 22.8 Å². The Morgan fingerprint density at radius 2 is 1.65 bits per heavy atom. The number of nitriles is 1. The van der Waals surface area contributed by atoms with Gasteiger partial charge in [0.1, 0.15) is 5.75 Å². The van der Waals surface area contributed by atoms with E-state index in [1.165, 1.54) is 18.2 Å². The molecule has 0 radical (unpaired) electrons. The number of nitrogens with zero attached hydrogens (tertiary/aromatic N) is 1. The van der Waals surface area contributed by atoms with E-state index in [0.717, 1.165) is 0 Å². The van der Waals surface area contributed by atoms with Crippen molar-refractivity contribution in [1.29, 1.82) is 5.26 Å². The highest BCUT2D eigenvalue weighted by molar-refractivity contribution is 6.64. The van der Waals surface area contributed by atoms with Gasteiger partial charge < -0.3 is 14.0 Å². The van der Waals surface area contributed by atoms with Crippen molar-refractivity contribution in [2.24, 2.45) is 0 Å². The summed E-state index contributed by atoms with van der Waals surface area (Å²) in [6.45, 7) is 8.39. The molecule has 7 heteroatoms. The van der Waals surface area contributed by atoms with Gasteiger partial charge in [-0.3, -0.25) is 0 Å². The quantitative estimate of drug-likeness (QED) is 0.799. The molecule has 0 N–H and O–H groups in total. The maximum absolute atomic E-state index is 12.5. The fourth-order valence-electron chi connectivity index (χ4n) is 2.04. The lowest BCUT2D eigenvalue weighted by Crippen LogP contribution is -2.41. The van der Waals surface area contributed by atoms with Crippen molar-refractivity contribution in [2.45, 2.75) is 59.4 Å². The highest BCUT2D eigenvalue weighted by Crippen LogP contribution is 2.37. The van der Waals surface area contributed by atoms with Crippen LogP contribution < -0.4 is 10.2 Å². The standard InChI is InChI=1S/C14H16BF2NO3.C2H6/c1-13(2)14(3,4)21-15(20-13)11-9(8-18)6-5-7-10(11)19-12(16)17;1-2/h5-7,12H,1-4H3;1-2H3. The maximum Gasteiger partial charge on any atom is 0.500 e. The molecule has 1 aliphatic heterocycles. The van der Waals surface area contributed by atoms with Gasteiger partial charge in [0, 0.05) is 5.46 Å². The highest BCUT2D eigenvalue weighted by Gasteiger charge is 2.53. The molecule has 0 saturated carbocycles. The van der Waals surface area contributed by atoms with E-state index in [9.17, 15) is 14.0 Å². The van der Waals surface area contributed by atoms with Gasteiger partial charge in [-0.05, 0) is 39.8 Å². The van der Waals surface area contributed by atoms with E-state index in [1.807, 2.05) is 47.6 Å². The topological polar surface area (TPSA) is 51.5 Å². The summed E-state index contributed by atoms with van der Waals surface area (Å²) in [6.07, 6.45) is 0. The van der Waals surface area contributed by atoms with Crippen molar-refractivity contribution >= 4 is 12.6 Å². The second-order valence-corrected chi connectivity index (χ2v) is 5.80. The molecule has 1 aromatic carbocycles. The summed E-state index contributed by atoms with van der Waals surface area (Å²) >= 11 is 0. The van der Waals surface area contributed by atoms with Crippen molar-refractivity contribution in [3.05, 3.63) is 23.8 Å². The summed E-state index contributed by atoms with van der Waals surface area (Å²) in [4.78, 5) is 0. The summed E-state index contributed by atoms with van der Waals surface area (Å²) in [7, 11) is -0.931. The largest absolute Gasteiger partial charge is 0.500 e. The predicted molar refractivity (Wildman–Crippen MR) is 84.9 cm³/mol. The molecule has 0 aromatic heterocycles. The average Bonchev–Trinajstić information content (AvgIpc) is 2.68. The molecule has 1 aliphatic rings. The lowest BCUT2D eigenvalue weighted by Gasteiger charge is -2.32. The van der Waals surface area contributed by atoms with Crippen LogP contribution in [0.25, 0.3) is 0 Å². The van der Waals surface area contributed by atoms with E-state index in [4.69, 9.17) is 9.31 Å². The molecular formula is C16H22BF2NO3. The van der Waals surface area contributed by atoms with Gasteiger partial charge in [-0.15, -0.1) is 0 Å². The van der Waals surface area contributed by atoms with Gasteiger partial charge in [0.15, 0.2) is 0 Å². The average molecular weight is 325 g/mol. The molecule has 0 bridgehead atoms. The molecule has 1 aromatic rings. The molecule has 126 valence electrons. The molecule has 1 fully saturated rings. The summed E-state index contributed by atoms with van der Waals surface area (Å²) in [5.74, 6) is -0.109. The second-order valence-electron chi connectivity index (χ2n) is 5.80. The summed E-state index contributed by atoms with van der Waals surface area (Å²) in [6, 6.07) is 6.31. The summed E-state index contributed by atoms with van der Waals surface area (Å²) in [5, 5.41) is 9.19. The monoisotopic (exact) mass is 325 g/mol. The zero-order valence-corrected chi connectivity index (χ0v) is 14.3. The van der Waals surface area contributed by atoms with Gasteiger partial charge >= 0.3 is 13.7 Å². The van der Waals surface area contributed by atoms with Gasteiger partial charge in [0.2, 0.25) is 0 Å². The SMILES string of the molecule is CC.CC1(C)OB(c2c(C#N)cccc2OC(F)F)OC1(C)C. The van der Waals surface area contributed by atoms with E-state index in [-0.39, 0.29) is 16.8 Å². The van der Waals surface area contributed by atoms with E-state index < -0.39 is 24.9 Å².